The first-order valence-corrected chi connectivity index (χ1v) is 13.6. The third kappa shape index (κ3) is 8.08. The molecule has 0 radical (unpaired) electrons. The van der Waals surface area contributed by atoms with Gasteiger partial charge in [-0.2, -0.15) is 0 Å². The van der Waals surface area contributed by atoms with Gasteiger partial charge in [-0.25, -0.2) is 4.98 Å². The van der Waals surface area contributed by atoms with Crippen molar-refractivity contribution >= 4 is 17.6 Å². The summed E-state index contributed by atoms with van der Waals surface area (Å²) in [5.41, 5.74) is 9.91. The zero-order chi connectivity index (χ0) is 29.9. The summed E-state index contributed by atoms with van der Waals surface area (Å²) in [4.78, 5) is 31.6. The predicted molar refractivity (Wildman–Crippen MR) is 161 cm³/mol. The number of aromatic nitrogens is 1. The van der Waals surface area contributed by atoms with E-state index < -0.39 is 12.0 Å². The number of aliphatic hydroxyl groups is 1. The van der Waals surface area contributed by atoms with E-state index in [2.05, 4.69) is 15.6 Å². The summed E-state index contributed by atoms with van der Waals surface area (Å²) in [6.45, 7) is 0.358. The van der Waals surface area contributed by atoms with Crippen molar-refractivity contribution in [2.24, 2.45) is 0 Å². The fourth-order valence-electron chi connectivity index (χ4n) is 4.61. The number of aliphatic hydroxyl groups excluding tert-OH is 1. The molecular formula is C33H36N4O5. The minimum Gasteiger partial charge on any atom is -0.497 e. The molecule has 0 bridgehead atoms. The molecule has 1 heterocycles. The molecule has 9 nitrogen and oxygen atoms in total. The first kappa shape index (κ1) is 30.1. The van der Waals surface area contributed by atoms with E-state index in [1.165, 1.54) is 0 Å². The lowest BCUT2D eigenvalue weighted by Crippen LogP contribution is -2.49. The molecule has 3 aromatic carbocycles. The molecule has 9 heteroatoms. The third-order valence-corrected chi connectivity index (χ3v) is 6.97. The van der Waals surface area contributed by atoms with Crippen LogP contribution >= 0.6 is 0 Å². The molecule has 2 amide bonds. The molecule has 0 aliphatic heterocycles. The standard InChI is InChI=1S/C33H36N4O5/c1-41-27-12-8-25(9-13-27)31(26-10-14-28(42-2)15-11-26)33(40)37-29(19-24-7-16-30(34)35-21-24)32(39)36-20-23-5-3-22(4-6-23)17-18-38/h3-16,21,29,31,38H,17-20H2,1-2H3,(H2,34,35)(H,36,39)(H,37,40). The highest BCUT2D eigenvalue weighted by molar-refractivity contribution is 5.92. The normalized spacial score (nSPS) is 11.5. The highest BCUT2D eigenvalue weighted by Crippen LogP contribution is 2.28. The number of hydrogen-bond donors (Lipinski definition) is 4. The lowest BCUT2D eigenvalue weighted by molar-refractivity contribution is -0.129. The van der Waals surface area contributed by atoms with E-state index in [1.54, 1.807) is 56.8 Å². The van der Waals surface area contributed by atoms with E-state index in [-0.39, 0.29) is 31.4 Å². The number of hydrogen-bond acceptors (Lipinski definition) is 7. The second-order valence-electron chi connectivity index (χ2n) is 9.84. The largest absolute Gasteiger partial charge is 0.497 e. The summed E-state index contributed by atoms with van der Waals surface area (Å²) in [6.07, 6.45) is 2.39. The van der Waals surface area contributed by atoms with Crippen molar-refractivity contribution in [3.8, 4) is 11.5 Å². The third-order valence-electron chi connectivity index (χ3n) is 6.97. The van der Waals surface area contributed by atoms with Crippen LogP contribution in [0, 0.1) is 0 Å². The van der Waals surface area contributed by atoms with E-state index in [0.717, 1.165) is 27.8 Å². The molecule has 1 atom stereocenters. The number of nitrogens with two attached hydrogens (primary N) is 1. The Morgan fingerprint density at radius 2 is 1.33 bits per heavy atom. The number of nitrogens with zero attached hydrogens (tertiary/aromatic N) is 1. The SMILES string of the molecule is COc1ccc(C(C(=O)NC(Cc2ccc(N)nc2)C(=O)NCc2ccc(CCO)cc2)c2ccc(OC)cc2)cc1. The molecule has 5 N–H and O–H groups in total. The van der Waals surface area contributed by atoms with Crippen LogP contribution in [0.15, 0.2) is 91.1 Å². The number of amides is 2. The van der Waals surface area contributed by atoms with Gasteiger partial charge < -0.3 is 30.9 Å². The number of rotatable bonds is 13. The summed E-state index contributed by atoms with van der Waals surface area (Å²) in [5.74, 6) is 0.355. The van der Waals surface area contributed by atoms with Crippen molar-refractivity contribution < 1.29 is 24.2 Å². The highest BCUT2D eigenvalue weighted by atomic mass is 16.5. The van der Waals surface area contributed by atoms with Gasteiger partial charge >= 0.3 is 0 Å². The van der Waals surface area contributed by atoms with Gasteiger partial charge in [-0.3, -0.25) is 9.59 Å². The summed E-state index contributed by atoms with van der Waals surface area (Å²) in [6, 6.07) is 24.8. The van der Waals surface area contributed by atoms with E-state index in [1.807, 2.05) is 48.5 Å². The minimum atomic E-state index is -0.879. The van der Waals surface area contributed by atoms with Crippen molar-refractivity contribution in [3.63, 3.8) is 0 Å². The number of carbonyl (C=O) groups is 2. The average Bonchev–Trinajstić information content (AvgIpc) is 3.02. The Morgan fingerprint density at radius 1 is 0.786 bits per heavy atom. The molecule has 0 aliphatic carbocycles. The smallest absolute Gasteiger partial charge is 0.243 e. The first-order chi connectivity index (χ1) is 20.4. The quantitative estimate of drug-likeness (QED) is 0.194. The average molecular weight is 569 g/mol. The Hall–Kier alpha value is -4.89. The van der Waals surface area contributed by atoms with E-state index in [9.17, 15) is 9.59 Å². The van der Waals surface area contributed by atoms with Crippen LogP contribution in [0.1, 0.15) is 33.7 Å². The molecule has 0 saturated carbocycles. The number of benzene rings is 3. The van der Waals surface area contributed by atoms with Crippen LogP contribution in [-0.2, 0) is 29.0 Å². The number of carbonyl (C=O) groups excluding carboxylic acids is 2. The van der Waals surface area contributed by atoms with Crippen LogP contribution < -0.4 is 25.8 Å². The second kappa shape index (κ2) is 14.7. The lowest BCUT2D eigenvalue weighted by Gasteiger charge is -2.23. The zero-order valence-electron chi connectivity index (χ0n) is 23.7. The van der Waals surface area contributed by atoms with Gasteiger partial charge in [-0.05, 0) is 64.6 Å². The molecule has 1 unspecified atom stereocenters. The Morgan fingerprint density at radius 3 is 1.83 bits per heavy atom. The zero-order valence-corrected chi connectivity index (χ0v) is 23.7. The van der Waals surface area contributed by atoms with Gasteiger partial charge in [0, 0.05) is 25.8 Å². The summed E-state index contributed by atoms with van der Waals surface area (Å²) >= 11 is 0. The molecule has 4 aromatic rings. The number of anilines is 1. The van der Waals surface area contributed by atoms with Crippen LogP contribution in [0.5, 0.6) is 11.5 Å². The maximum Gasteiger partial charge on any atom is 0.243 e. The van der Waals surface area contributed by atoms with E-state index in [0.29, 0.717) is 23.7 Å². The van der Waals surface area contributed by atoms with Crippen LogP contribution in [0.4, 0.5) is 5.82 Å². The number of ether oxygens (including phenoxy) is 2. The fourth-order valence-corrected chi connectivity index (χ4v) is 4.61. The first-order valence-electron chi connectivity index (χ1n) is 13.6. The molecule has 0 spiro atoms. The molecular weight excluding hydrogens is 532 g/mol. The molecule has 1 aromatic heterocycles. The lowest BCUT2D eigenvalue weighted by atomic mass is 9.89. The van der Waals surface area contributed by atoms with Crippen molar-refractivity contribution in [2.45, 2.75) is 31.3 Å². The van der Waals surface area contributed by atoms with Gasteiger partial charge in [-0.15, -0.1) is 0 Å². The highest BCUT2D eigenvalue weighted by Gasteiger charge is 2.28. The van der Waals surface area contributed by atoms with Crippen molar-refractivity contribution in [1.29, 1.82) is 0 Å². The topological polar surface area (TPSA) is 136 Å². The molecule has 0 aliphatic rings. The van der Waals surface area contributed by atoms with Gasteiger partial charge in [0.1, 0.15) is 23.4 Å². The van der Waals surface area contributed by atoms with E-state index >= 15 is 0 Å². The van der Waals surface area contributed by atoms with Crippen molar-refractivity contribution in [2.75, 3.05) is 26.6 Å². The molecule has 0 fully saturated rings. The van der Waals surface area contributed by atoms with Gasteiger partial charge in [0.2, 0.25) is 11.8 Å². The summed E-state index contributed by atoms with van der Waals surface area (Å²) in [7, 11) is 3.17. The Labute approximate surface area is 245 Å². The molecule has 4 rings (SSSR count). The monoisotopic (exact) mass is 568 g/mol. The van der Waals surface area contributed by atoms with Gasteiger partial charge in [-0.1, -0.05) is 54.6 Å². The van der Waals surface area contributed by atoms with Crippen LogP contribution in [0.3, 0.4) is 0 Å². The van der Waals surface area contributed by atoms with Crippen LogP contribution in [-0.4, -0.2) is 48.8 Å². The number of nitrogens with one attached hydrogen (secondary N) is 2. The minimum absolute atomic E-state index is 0.0749. The number of methoxy groups -OCH3 is 2. The van der Waals surface area contributed by atoms with Gasteiger partial charge in [0.15, 0.2) is 0 Å². The van der Waals surface area contributed by atoms with Crippen LogP contribution in [0.25, 0.3) is 0 Å². The summed E-state index contributed by atoms with van der Waals surface area (Å²) in [5, 5.41) is 15.1. The predicted octanol–water partition coefficient (Wildman–Crippen LogP) is 3.39. The molecule has 42 heavy (non-hydrogen) atoms. The van der Waals surface area contributed by atoms with Gasteiger partial charge in [0.05, 0.1) is 20.1 Å². The van der Waals surface area contributed by atoms with E-state index in [4.69, 9.17) is 20.3 Å². The van der Waals surface area contributed by atoms with Crippen molar-refractivity contribution in [3.05, 3.63) is 119 Å². The molecule has 0 saturated heterocycles. The summed E-state index contributed by atoms with van der Waals surface area (Å²) < 4.78 is 10.6. The number of pyridine rings is 1. The fraction of sp³-hybridized carbons (Fsp3) is 0.242. The Kier molecular flexibility index (Phi) is 10.5. The van der Waals surface area contributed by atoms with Crippen LogP contribution in [0.2, 0.25) is 0 Å². The Balaban J connectivity index is 1.58. The number of nitrogen functional groups attached to an aromatic ring is 1. The maximum atomic E-state index is 14.0. The molecule has 218 valence electrons. The Bertz CT molecular complexity index is 1390. The maximum absolute atomic E-state index is 14.0. The van der Waals surface area contributed by atoms with Gasteiger partial charge in [0.25, 0.3) is 0 Å². The second-order valence-corrected chi connectivity index (χ2v) is 9.84. The van der Waals surface area contributed by atoms with Crippen molar-refractivity contribution in [1.82, 2.24) is 15.6 Å².